The van der Waals surface area contributed by atoms with E-state index in [0.29, 0.717) is 19.3 Å². The normalized spacial score (nSPS) is 50.5. The van der Waals surface area contributed by atoms with Crippen LogP contribution in [0.15, 0.2) is 11.6 Å². The van der Waals surface area contributed by atoms with E-state index >= 15 is 0 Å². The molecule has 0 bridgehead atoms. The first-order valence-corrected chi connectivity index (χ1v) is 28.5. The molecule has 452 valence electrons. The van der Waals surface area contributed by atoms with Crippen molar-refractivity contribution >= 4 is 0 Å². The predicted molar refractivity (Wildman–Crippen MR) is 271 cm³/mol. The maximum absolute atomic E-state index is 12.8. The van der Waals surface area contributed by atoms with Crippen molar-refractivity contribution in [2.24, 2.45) is 45.3 Å². The quantitative estimate of drug-likeness (QED) is 0.0673. The van der Waals surface area contributed by atoms with Crippen LogP contribution in [0.1, 0.15) is 120 Å². The van der Waals surface area contributed by atoms with E-state index in [0.717, 1.165) is 32.1 Å². The lowest BCUT2D eigenvalue weighted by Crippen LogP contribution is -2.65. The largest absolute Gasteiger partial charge is 0.394 e. The third-order valence-corrected chi connectivity index (χ3v) is 20.9. The number of allylic oxidation sites excluding steroid dienone is 1. The van der Waals surface area contributed by atoms with Gasteiger partial charge in [0, 0.05) is 17.3 Å². The highest BCUT2D eigenvalue weighted by molar-refractivity contribution is 5.32. The van der Waals surface area contributed by atoms with Crippen molar-refractivity contribution in [1.82, 2.24) is 0 Å². The highest BCUT2D eigenvalue weighted by atomic mass is 16.8. The van der Waals surface area contributed by atoms with Gasteiger partial charge in [0.15, 0.2) is 25.2 Å². The topological polar surface area (TPSA) is 377 Å². The lowest BCUT2D eigenvalue weighted by Gasteiger charge is -2.68. The first-order valence-electron chi connectivity index (χ1n) is 28.5. The number of rotatable bonds is 18. The van der Waals surface area contributed by atoms with Crippen LogP contribution in [-0.2, 0) is 37.9 Å². The molecule has 4 aliphatic carbocycles. The molecule has 29 atom stereocenters. The van der Waals surface area contributed by atoms with Crippen molar-refractivity contribution in [2.75, 3.05) is 26.4 Å². The number of aliphatic hydroxyl groups is 15. The van der Waals surface area contributed by atoms with Crippen molar-refractivity contribution in [3.63, 3.8) is 0 Å². The molecule has 78 heavy (non-hydrogen) atoms. The summed E-state index contributed by atoms with van der Waals surface area (Å²) in [7, 11) is 0. The Hall–Kier alpha value is -1.18. The molecule has 7 fully saturated rings. The molecule has 15 N–H and O–H groups in total. The second-order valence-electron chi connectivity index (χ2n) is 25.9. The zero-order valence-corrected chi connectivity index (χ0v) is 46.5. The highest BCUT2D eigenvalue weighted by Crippen LogP contribution is 2.76. The van der Waals surface area contributed by atoms with Crippen LogP contribution >= 0.6 is 0 Å². The van der Waals surface area contributed by atoms with Gasteiger partial charge in [0.2, 0.25) is 0 Å². The van der Waals surface area contributed by atoms with Crippen LogP contribution in [0.2, 0.25) is 0 Å². The first kappa shape index (κ1) is 62.9. The number of ether oxygens (including phenoxy) is 8. The molecule has 0 radical (unpaired) electrons. The minimum Gasteiger partial charge on any atom is -0.394 e. The van der Waals surface area contributed by atoms with Crippen LogP contribution in [-0.4, -0.2) is 244 Å². The summed E-state index contributed by atoms with van der Waals surface area (Å²) in [6, 6.07) is 0. The lowest BCUT2D eigenvalue weighted by molar-refractivity contribution is -0.380. The minimum absolute atomic E-state index is 0.0245. The fraction of sp³-hybridized carbons (Fsp3) is 0.964. The van der Waals surface area contributed by atoms with Crippen molar-refractivity contribution in [3.05, 3.63) is 11.6 Å². The Morgan fingerprint density at radius 2 is 1.26 bits per heavy atom. The van der Waals surface area contributed by atoms with Gasteiger partial charge in [-0.3, -0.25) is 0 Å². The zero-order chi connectivity index (χ0) is 57.4. The molecule has 0 amide bonds. The van der Waals surface area contributed by atoms with E-state index in [4.69, 9.17) is 37.9 Å². The summed E-state index contributed by atoms with van der Waals surface area (Å²) < 4.78 is 48.1. The summed E-state index contributed by atoms with van der Waals surface area (Å²) in [5.74, 6) is 0.357. The fourth-order valence-electron chi connectivity index (χ4n) is 16.2. The molecule has 8 rings (SSSR count). The Morgan fingerprint density at radius 3 is 1.86 bits per heavy atom. The summed E-state index contributed by atoms with van der Waals surface area (Å²) >= 11 is 0. The van der Waals surface area contributed by atoms with E-state index in [1.54, 1.807) is 0 Å². The molecule has 3 unspecified atom stereocenters. The summed E-state index contributed by atoms with van der Waals surface area (Å²) in [4.78, 5) is 0. The first-order chi connectivity index (χ1) is 36.5. The standard InChI is InChI=1S/C55H94O23/c1-9-55-17-16-26(53(55,7)19-34(60)54(8)28-12-15-35(51(3,4)27(28)11-13-33(54)55)76-48-37(61)29(59)18-25(20-56)72-48)24(2)10-14-36(52(5,6)70)77-50-46(78-49-45(69)42(66)39(63)31(22-58)74-49)43(67)40(64)32(75-50)23-71-47-44(68)41(65)38(62)30(21-57)73-47/h11,24-26,28-50,56-70H,9-10,12-23H2,1-8H3/t24-,25+,26?,28?,29+,30-,31-,32-,33?,34-,35+,36-,37-,38-,39-,40-,41+,42+,43+,44-,45-,46-,47+,48+,49+,50+,53-,54+,55+/m1/s1. The average Bonchev–Trinajstić information content (AvgIpc) is 2.43. The summed E-state index contributed by atoms with van der Waals surface area (Å²) in [5, 5.41) is 162. The minimum atomic E-state index is -1.93. The number of hydrogen-bond donors (Lipinski definition) is 15. The molecule has 0 aromatic carbocycles. The summed E-state index contributed by atoms with van der Waals surface area (Å²) in [6.07, 6.45) is -23.1. The molecule has 23 nitrogen and oxygen atoms in total. The molecule has 0 spiro atoms. The van der Waals surface area contributed by atoms with Crippen LogP contribution in [0.5, 0.6) is 0 Å². The van der Waals surface area contributed by atoms with E-state index in [9.17, 15) is 76.6 Å². The molecule has 4 heterocycles. The van der Waals surface area contributed by atoms with Gasteiger partial charge in [0.1, 0.15) is 79.4 Å². The second-order valence-corrected chi connectivity index (χ2v) is 25.9. The Bertz CT molecular complexity index is 2000. The van der Waals surface area contributed by atoms with Gasteiger partial charge in [0.05, 0.1) is 62.5 Å². The SMILES string of the molecule is CC[C@@]12CCC([C@H](C)CC[C@@H](O[C@@H]3O[C@H](CO[C@H]4O[C@H](CO)[C@@H](O)[C@H](O)[C@H]4O)[C@@H](O)[C@H](O)[C@H]3O[C@@H]3O[C@H](CO)[C@@H](O)[C@H](O)[C@H]3O)C(C)(C)O)[C@@]1(C)C[C@@H](O)[C@@]1(C)C3CC[C@H](O[C@@H]4O[C@H](CO)C[C@H](O)[C@H]4O)C(C)(C)C3=CCC12. The highest BCUT2D eigenvalue weighted by Gasteiger charge is 2.71. The lowest BCUT2D eigenvalue weighted by atomic mass is 9.37. The fourth-order valence-corrected chi connectivity index (χ4v) is 16.2. The maximum Gasteiger partial charge on any atom is 0.187 e. The Balaban J connectivity index is 1.000. The van der Waals surface area contributed by atoms with E-state index in [2.05, 4.69) is 47.6 Å². The summed E-state index contributed by atoms with van der Waals surface area (Å²) in [5.41, 5.74) is -1.79. The zero-order valence-electron chi connectivity index (χ0n) is 46.5. The van der Waals surface area contributed by atoms with E-state index < -0.39 is 165 Å². The third-order valence-electron chi connectivity index (χ3n) is 20.9. The van der Waals surface area contributed by atoms with E-state index in [1.165, 1.54) is 19.4 Å². The third kappa shape index (κ3) is 11.1. The van der Waals surface area contributed by atoms with Gasteiger partial charge in [-0.25, -0.2) is 0 Å². The molecule has 4 aliphatic heterocycles. The number of aliphatic hydroxyl groups excluding tert-OH is 14. The van der Waals surface area contributed by atoms with Crippen LogP contribution in [0.25, 0.3) is 0 Å². The maximum atomic E-state index is 12.8. The Kier molecular flexibility index (Phi) is 19.4. The van der Waals surface area contributed by atoms with E-state index in [-0.39, 0.29) is 60.1 Å². The van der Waals surface area contributed by atoms with Gasteiger partial charge in [-0.1, -0.05) is 53.2 Å². The summed E-state index contributed by atoms with van der Waals surface area (Å²) in [6.45, 7) is 13.9. The molecular formula is C55H94O23. The molecule has 23 heteroatoms. The molecule has 0 aromatic heterocycles. The Labute approximate surface area is 457 Å². The van der Waals surface area contributed by atoms with Crippen molar-refractivity contribution in [3.8, 4) is 0 Å². The van der Waals surface area contributed by atoms with Crippen LogP contribution in [0, 0.1) is 45.3 Å². The van der Waals surface area contributed by atoms with Gasteiger partial charge in [-0.15, -0.1) is 0 Å². The van der Waals surface area contributed by atoms with Crippen molar-refractivity contribution in [2.45, 2.75) is 260 Å². The Morgan fingerprint density at radius 1 is 0.667 bits per heavy atom. The van der Waals surface area contributed by atoms with Gasteiger partial charge in [-0.2, -0.15) is 0 Å². The van der Waals surface area contributed by atoms with Gasteiger partial charge < -0.3 is 114 Å². The monoisotopic (exact) mass is 1120 g/mol. The van der Waals surface area contributed by atoms with Crippen molar-refractivity contribution in [1.29, 1.82) is 0 Å². The van der Waals surface area contributed by atoms with Gasteiger partial charge >= 0.3 is 0 Å². The van der Waals surface area contributed by atoms with E-state index in [1.807, 2.05) is 0 Å². The van der Waals surface area contributed by atoms with Gasteiger partial charge in [0.25, 0.3) is 0 Å². The van der Waals surface area contributed by atoms with Crippen LogP contribution in [0.3, 0.4) is 0 Å². The predicted octanol–water partition coefficient (Wildman–Crippen LogP) is -1.81. The molecule has 3 saturated carbocycles. The average molecular weight is 1120 g/mol. The van der Waals surface area contributed by atoms with Gasteiger partial charge in [-0.05, 0) is 106 Å². The number of fused-ring (bicyclic) bond motifs is 5. The molecule has 8 aliphatic rings. The second kappa shape index (κ2) is 24.1. The van der Waals surface area contributed by atoms with Crippen LogP contribution < -0.4 is 0 Å². The number of hydrogen-bond acceptors (Lipinski definition) is 23. The molecule has 0 aromatic rings. The van der Waals surface area contributed by atoms with Crippen LogP contribution in [0.4, 0.5) is 0 Å². The molecule has 4 saturated heterocycles. The van der Waals surface area contributed by atoms with Crippen molar-refractivity contribution < 1.29 is 114 Å². The molecular weight excluding hydrogens is 1030 g/mol. The smallest absolute Gasteiger partial charge is 0.187 e.